The molecule has 0 bridgehead atoms. The van der Waals surface area contributed by atoms with Crippen molar-refractivity contribution in [1.82, 2.24) is 10.2 Å². The van der Waals surface area contributed by atoms with Gasteiger partial charge in [0.1, 0.15) is 0 Å². The molecule has 0 heterocycles. The highest BCUT2D eigenvalue weighted by atomic mass is 16.3. The van der Waals surface area contributed by atoms with Crippen molar-refractivity contribution in [2.75, 3.05) is 33.3 Å². The van der Waals surface area contributed by atoms with E-state index in [1.165, 1.54) is 45.1 Å². The standard InChI is InChI=1S/C15H30N2O/c1-13-4-3-7-15(10-13,11-16-14-5-6-14)12-17(2)8-9-18/h13-14,16,18H,3-12H2,1-2H3. The van der Waals surface area contributed by atoms with Crippen LogP contribution in [0.2, 0.25) is 0 Å². The molecule has 2 fully saturated rings. The molecule has 0 saturated heterocycles. The van der Waals surface area contributed by atoms with Crippen molar-refractivity contribution in [2.24, 2.45) is 11.3 Å². The van der Waals surface area contributed by atoms with Crippen molar-refractivity contribution < 1.29 is 5.11 Å². The molecule has 2 rings (SSSR count). The van der Waals surface area contributed by atoms with Gasteiger partial charge in [0.15, 0.2) is 0 Å². The van der Waals surface area contributed by atoms with Crippen LogP contribution in [0.15, 0.2) is 0 Å². The molecule has 3 nitrogen and oxygen atoms in total. The number of likely N-dealkylation sites (N-methyl/N-ethyl adjacent to an activating group) is 1. The van der Waals surface area contributed by atoms with Crippen LogP contribution in [0.5, 0.6) is 0 Å². The van der Waals surface area contributed by atoms with Crippen LogP contribution in [0, 0.1) is 11.3 Å². The molecule has 0 spiro atoms. The van der Waals surface area contributed by atoms with Gasteiger partial charge in [-0.05, 0) is 44.1 Å². The molecule has 2 aliphatic carbocycles. The van der Waals surface area contributed by atoms with Crippen molar-refractivity contribution in [3.63, 3.8) is 0 Å². The molecular formula is C15H30N2O. The van der Waals surface area contributed by atoms with E-state index >= 15 is 0 Å². The molecule has 2 unspecified atom stereocenters. The lowest BCUT2D eigenvalue weighted by Crippen LogP contribution is -2.46. The lowest BCUT2D eigenvalue weighted by Gasteiger charge is -2.43. The van der Waals surface area contributed by atoms with Crippen molar-refractivity contribution in [3.8, 4) is 0 Å². The summed E-state index contributed by atoms with van der Waals surface area (Å²) in [6, 6.07) is 0.808. The molecule has 18 heavy (non-hydrogen) atoms. The van der Waals surface area contributed by atoms with E-state index in [-0.39, 0.29) is 6.61 Å². The Bertz CT molecular complexity index is 255. The van der Waals surface area contributed by atoms with E-state index < -0.39 is 0 Å². The molecule has 2 saturated carbocycles. The predicted octanol–water partition coefficient (Wildman–Crippen LogP) is 1.86. The Morgan fingerprint density at radius 2 is 2.11 bits per heavy atom. The molecule has 2 N–H and O–H groups in total. The summed E-state index contributed by atoms with van der Waals surface area (Å²) in [7, 11) is 2.15. The maximum atomic E-state index is 9.07. The highest BCUT2D eigenvalue weighted by Gasteiger charge is 2.37. The average Bonchev–Trinajstić information content (AvgIpc) is 3.10. The zero-order chi connectivity index (χ0) is 13.0. The largest absolute Gasteiger partial charge is 0.395 e. The fourth-order valence-electron chi connectivity index (χ4n) is 3.60. The van der Waals surface area contributed by atoms with Gasteiger partial charge in [-0.1, -0.05) is 19.8 Å². The number of nitrogens with one attached hydrogen (secondary N) is 1. The van der Waals surface area contributed by atoms with E-state index in [0.717, 1.165) is 25.0 Å². The minimum atomic E-state index is 0.276. The van der Waals surface area contributed by atoms with Gasteiger partial charge in [-0.25, -0.2) is 0 Å². The quantitative estimate of drug-likeness (QED) is 0.728. The van der Waals surface area contributed by atoms with E-state index in [1.54, 1.807) is 0 Å². The van der Waals surface area contributed by atoms with Gasteiger partial charge in [0.25, 0.3) is 0 Å². The Kier molecular flexibility index (Phi) is 5.05. The summed E-state index contributed by atoms with van der Waals surface area (Å²) in [5.41, 5.74) is 0.449. The summed E-state index contributed by atoms with van der Waals surface area (Å²) in [6.07, 6.45) is 8.22. The first-order valence-electron chi connectivity index (χ1n) is 7.66. The summed E-state index contributed by atoms with van der Waals surface area (Å²) >= 11 is 0. The third-order valence-electron chi connectivity index (χ3n) is 4.62. The molecule has 0 aromatic rings. The first-order valence-corrected chi connectivity index (χ1v) is 7.66. The van der Waals surface area contributed by atoms with E-state index in [9.17, 15) is 0 Å². The second kappa shape index (κ2) is 6.36. The molecule has 106 valence electrons. The van der Waals surface area contributed by atoms with Crippen LogP contribution in [-0.2, 0) is 0 Å². The van der Waals surface area contributed by atoms with Gasteiger partial charge in [0, 0.05) is 25.7 Å². The Morgan fingerprint density at radius 3 is 2.72 bits per heavy atom. The molecule has 2 atom stereocenters. The summed E-state index contributed by atoms with van der Waals surface area (Å²) in [5.74, 6) is 0.863. The number of hydrogen-bond donors (Lipinski definition) is 2. The SMILES string of the molecule is CC1CCCC(CNC2CC2)(CN(C)CCO)C1. The van der Waals surface area contributed by atoms with Crippen LogP contribution in [0.25, 0.3) is 0 Å². The molecule has 0 amide bonds. The predicted molar refractivity (Wildman–Crippen MR) is 75.7 cm³/mol. The Labute approximate surface area is 112 Å². The normalized spacial score (nSPS) is 33.0. The summed E-state index contributed by atoms with van der Waals surface area (Å²) in [6.45, 7) is 5.80. The van der Waals surface area contributed by atoms with Gasteiger partial charge in [-0.15, -0.1) is 0 Å². The summed E-state index contributed by atoms with van der Waals surface area (Å²) < 4.78 is 0. The first-order chi connectivity index (χ1) is 8.63. The van der Waals surface area contributed by atoms with E-state index in [1.807, 2.05) is 0 Å². The van der Waals surface area contributed by atoms with Gasteiger partial charge in [-0.2, -0.15) is 0 Å². The molecule has 0 aliphatic heterocycles. The number of hydrogen-bond acceptors (Lipinski definition) is 3. The van der Waals surface area contributed by atoms with Crippen molar-refractivity contribution in [3.05, 3.63) is 0 Å². The number of aliphatic hydroxyl groups is 1. The highest BCUT2D eigenvalue weighted by Crippen LogP contribution is 2.40. The van der Waals surface area contributed by atoms with Gasteiger partial charge < -0.3 is 15.3 Å². The second-order valence-corrected chi connectivity index (χ2v) is 6.82. The maximum Gasteiger partial charge on any atom is 0.0558 e. The molecule has 0 aromatic heterocycles. The van der Waals surface area contributed by atoms with Crippen molar-refractivity contribution in [2.45, 2.75) is 51.5 Å². The zero-order valence-corrected chi connectivity index (χ0v) is 12.1. The van der Waals surface area contributed by atoms with Crippen LogP contribution in [-0.4, -0.2) is 49.3 Å². The Balaban J connectivity index is 1.90. The monoisotopic (exact) mass is 254 g/mol. The van der Waals surface area contributed by atoms with E-state index in [0.29, 0.717) is 5.41 Å². The molecule has 0 aromatic carbocycles. The topological polar surface area (TPSA) is 35.5 Å². The fourth-order valence-corrected chi connectivity index (χ4v) is 3.60. The number of rotatable bonds is 7. The zero-order valence-electron chi connectivity index (χ0n) is 12.1. The van der Waals surface area contributed by atoms with Crippen LogP contribution in [0.1, 0.15) is 45.4 Å². The smallest absolute Gasteiger partial charge is 0.0558 e. The van der Waals surface area contributed by atoms with Gasteiger partial charge >= 0.3 is 0 Å². The van der Waals surface area contributed by atoms with Gasteiger partial charge in [-0.3, -0.25) is 0 Å². The van der Waals surface area contributed by atoms with E-state index in [4.69, 9.17) is 5.11 Å². The van der Waals surface area contributed by atoms with Gasteiger partial charge in [0.05, 0.1) is 6.61 Å². The number of aliphatic hydroxyl groups excluding tert-OH is 1. The third kappa shape index (κ3) is 4.22. The highest BCUT2D eigenvalue weighted by molar-refractivity contribution is 4.92. The Hall–Kier alpha value is -0.120. The van der Waals surface area contributed by atoms with Gasteiger partial charge in [0.2, 0.25) is 0 Å². The second-order valence-electron chi connectivity index (χ2n) is 6.82. The Morgan fingerprint density at radius 1 is 1.33 bits per heavy atom. The lowest BCUT2D eigenvalue weighted by atomic mass is 9.69. The maximum absolute atomic E-state index is 9.07. The lowest BCUT2D eigenvalue weighted by molar-refractivity contribution is 0.0829. The number of nitrogens with zero attached hydrogens (tertiary/aromatic N) is 1. The first kappa shape index (κ1) is 14.3. The van der Waals surface area contributed by atoms with Crippen LogP contribution in [0.4, 0.5) is 0 Å². The van der Waals surface area contributed by atoms with E-state index in [2.05, 4.69) is 24.2 Å². The third-order valence-corrected chi connectivity index (χ3v) is 4.62. The summed E-state index contributed by atoms with van der Waals surface area (Å²) in [4.78, 5) is 2.31. The van der Waals surface area contributed by atoms with Crippen LogP contribution >= 0.6 is 0 Å². The summed E-state index contributed by atoms with van der Waals surface area (Å²) in [5, 5.41) is 12.8. The van der Waals surface area contributed by atoms with Crippen molar-refractivity contribution in [1.29, 1.82) is 0 Å². The molecular weight excluding hydrogens is 224 g/mol. The minimum absolute atomic E-state index is 0.276. The van der Waals surface area contributed by atoms with Crippen LogP contribution in [0.3, 0.4) is 0 Å². The minimum Gasteiger partial charge on any atom is -0.395 e. The van der Waals surface area contributed by atoms with Crippen LogP contribution < -0.4 is 5.32 Å². The fraction of sp³-hybridized carbons (Fsp3) is 1.00. The molecule has 3 heteroatoms. The molecule has 0 radical (unpaired) electrons. The average molecular weight is 254 g/mol. The van der Waals surface area contributed by atoms with Crippen molar-refractivity contribution >= 4 is 0 Å². The molecule has 2 aliphatic rings.